The first-order valence-corrected chi connectivity index (χ1v) is 8.84. The summed E-state index contributed by atoms with van der Waals surface area (Å²) in [6.45, 7) is 2.82. The summed E-state index contributed by atoms with van der Waals surface area (Å²) in [6.07, 6.45) is -3.26. The zero-order valence-corrected chi connectivity index (χ0v) is 14.3. The molecular weight excluding hydrogens is 349 g/mol. The highest BCUT2D eigenvalue weighted by molar-refractivity contribution is 5.97. The molecule has 0 aliphatic carbocycles. The van der Waals surface area contributed by atoms with Crippen LogP contribution in [0.1, 0.15) is 23.2 Å². The summed E-state index contributed by atoms with van der Waals surface area (Å²) < 4.78 is 41.6. The molecule has 2 atom stereocenters. The van der Waals surface area contributed by atoms with E-state index in [-0.39, 0.29) is 18.1 Å². The van der Waals surface area contributed by atoms with E-state index in [1.807, 2.05) is 0 Å². The van der Waals surface area contributed by atoms with Crippen molar-refractivity contribution in [3.63, 3.8) is 0 Å². The number of para-hydroxylation sites is 1. The number of nitrogens with one attached hydrogen (secondary N) is 1. The summed E-state index contributed by atoms with van der Waals surface area (Å²) >= 11 is 0. The quantitative estimate of drug-likeness (QED) is 0.851. The third kappa shape index (κ3) is 4.29. The summed E-state index contributed by atoms with van der Waals surface area (Å²) in [7, 11) is 0. The van der Waals surface area contributed by atoms with E-state index in [1.165, 1.54) is 18.2 Å². The zero-order chi connectivity index (χ0) is 18.7. The van der Waals surface area contributed by atoms with Gasteiger partial charge in [0, 0.05) is 26.2 Å². The summed E-state index contributed by atoms with van der Waals surface area (Å²) in [5.74, 6) is 0.133. The molecule has 0 unspecified atom stereocenters. The maximum atomic E-state index is 12.7. The van der Waals surface area contributed by atoms with Gasteiger partial charge in [0.25, 0.3) is 5.91 Å². The minimum absolute atomic E-state index is 0.0703. The molecular formula is C18H23F3N2O3. The smallest absolute Gasteiger partial charge is 0.405 e. The summed E-state index contributed by atoms with van der Waals surface area (Å²) in [6, 6.07) is 5.45. The lowest BCUT2D eigenvalue weighted by Gasteiger charge is -2.36. The van der Waals surface area contributed by atoms with Crippen LogP contribution in [0.3, 0.4) is 0 Å². The molecule has 2 aliphatic rings. The van der Waals surface area contributed by atoms with Gasteiger partial charge in [-0.1, -0.05) is 12.1 Å². The molecule has 144 valence electrons. The number of rotatable bonds is 4. The van der Waals surface area contributed by atoms with Crippen molar-refractivity contribution in [2.45, 2.75) is 19.2 Å². The van der Waals surface area contributed by atoms with Gasteiger partial charge < -0.3 is 20.1 Å². The Morgan fingerprint density at radius 2 is 1.92 bits per heavy atom. The fourth-order valence-electron chi connectivity index (χ4n) is 4.06. The zero-order valence-electron chi connectivity index (χ0n) is 14.3. The van der Waals surface area contributed by atoms with Crippen molar-refractivity contribution in [1.82, 2.24) is 10.2 Å². The highest BCUT2D eigenvalue weighted by Crippen LogP contribution is 2.34. The van der Waals surface area contributed by atoms with Gasteiger partial charge >= 0.3 is 6.36 Å². The number of hydrogen-bond donors (Lipinski definition) is 2. The number of likely N-dealkylation sites (tertiary alicyclic amines) is 1. The Morgan fingerprint density at radius 3 is 2.58 bits per heavy atom. The normalized spacial score (nSPS) is 24.7. The SMILES string of the molecule is O=C(c1ccccc1OC(F)(F)F)N1CCC([C@@H]2CNC[C@H]2CO)CC1. The first-order chi connectivity index (χ1) is 12.4. The molecule has 2 fully saturated rings. The second kappa shape index (κ2) is 7.84. The molecule has 2 aliphatic heterocycles. The Balaban J connectivity index is 1.64. The number of ether oxygens (including phenoxy) is 1. The molecule has 0 aromatic heterocycles. The van der Waals surface area contributed by atoms with Crippen molar-refractivity contribution in [1.29, 1.82) is 0 Å². The number of aliphatic hydroxyl groups is 1. The van der Waals surface area contributed by atoms with Crippen LogP contribution in [0.5, 0.6) is 5.75 Å². The number of carbonyl (C=O) groups is 1. The van der Waals surface area contributed by atoms with E-state index in [4.69, 9.17) is 0 Å². The van der Waals surface area contributed by atoms with E-state index in [2.05, 4.69) is 10.1 Å². The fourth-order valence-corrected chi connectivity index (χ4v) is 4.06. The number of amides is 1. The lowest BCUT2D eigenvalue weighted by molar-refractivity contribution is -0.274. The molecule has 0 saturated carbocycles. The predicted molar refractivity (Wildman–Crippen MR) is 88.7 cm³/mol. The first-order valence-electron chi connectivity index (χ1n) is 8.84. The number of aliphatic hydroxyl groups excluding tert-OH is 1. The van der Waals surface area contributed by atoms with Crippen LogP contribution in [0, 0.1) is 17.8 Å². The summed E-state index contributed by atoms with van der Waals surface area (Å²) in [5.41, 5.74) is -0.0703. The first kappa shape index (κ1) is 19.0. The standard InChI is InChI=1S/C18H23F3N2O3/c19-18(20,21)26-16-4-2-1-3-14(16)17(25)23-7-5-12(6-8-23)15-10-22-9-13(15)11-24/h1-4,12-13,15,22,24H,5-11H2/t13-,15-/m0/s1. The Labute approximate surface area is 150 Å². The molecule has 0 bridgehead atoms. The fraction of sp³-hybridized carbons (Fsp3) is 0.611. The summed E-state index contributed by atoms with van der Waals surface area (Å²) in [4.78, 5) is 14.3. The van der Waals surface area contributed by atoms with Gasteiger partial charge in [-0.2, -0.15) is 0 Å². The average molecular weight is 372 g/mol. The Kier molecular flexibility index (Phi) is 5.72. The van der Waals surface area contributed by atoms with Gasteiger partial charge in [0.15, 0.2) is 0 Å². The number of carbonyl (C=O) groups excluding carboxylic acids is 1. The third-order valence-corrected chi connectivity index (χ3v) is 5.40. The van der Waals surface area contributed by atoms with Crippen molar-refractivity contribution >= 4 is 5.91 Å². The topological polar surface area (TPSA) is 61.8 Å². The van der Waals surface area contributed by atoms with E-state index >= 15 is 0 Å². The molecule has 2 heterocycles. The van der Waals surface area contributed by atoms with Crippen LogP contribution in [0.25, 0.3) is 0 Å². The highest BCUT2D eigenvalue weighted by atomic mass is 19.4. The number of piperidine rings is 1. The van der Waals surface area contributed by atoms with E-state index < -0.39 is 18.0 Å². The van der Waals surface area contributed by atoms with Gasteiger partial charge in [-0.15, -0.1) is 13.2 Å². The highest BCUT2D eigenvalue weighted by Gasteiger charge is 2.37. The lowest BCUT2D eigenvalue weighted by Crippen LogP contribution is -2.41. The molecule has 0 spiro atoms. The van der Waals surface area contributed by atoms with Crippen LogP contribution in [0.2, 0.25) is 0 Å². The van der Waals surface area contributed by atoms with Crippen molar-refractivity contribution in [2.75, 3.05) is 32.8 Å². The monoisotopic (exact) mass is 372 g/mol. The summed E-state index contributed by atoms with van der Waals surface area (Å²) in [5, 5.41) is 12.8. The molecule has 1 aromatic rings. The minimum atomic E-state index is -4.84. The molecule has 2 saturated heterocycles. The van der Waals surface area contributed by atoms with E-state index in [9.17, 15) is 23.1 Å². The van der Waals surface area contributed by atoms with Crippen LogP contribution >= 0.6 is 0 Å². The van der Waals surface area contributed by atoms with Crippen LogP contribution in [0.15, 0.2) is 24.3 Å². The van der Waals surface area contributed by atoms with Crippen LogP contribution in [-0.4, -0.2) is 55.1 Å². The second-order valence-electron chi connectivity index (χ2n) is 6.94. The molecule has 26 heavy (non-hydrogen) atoms. The molecule has 0 radical (unpaired) electrons. The predicted octanol–water partition coefficient (Wildman–Crippen LogP) is 2.27. The van der Waals surface area contributed by atoms with E-state index in [0.29, 0.717) is 24.9 Å². The number of alkyl halides is 3. The van der Waals surface area contributed by atoms with Gasteiger partial charge in [0.05, 0.1) is 5.56 Å². The molecule has 3 rings (SSSR count). The van der Waals surface area contributed by atoms with Gasteiger partial charge in [-0.3, -0.25) is 4.79 Å². The Bertz CT molecular complexity index is 630. The number of nitrogens with zero attached hydrogens (tertiary/aromatic N) is 1. The van der Waals surface area contributed by atoms with Crippen molar-refractivity contribution in [2.24, 2.45) is 17.8 Å². The van der Waals surface area contributed by atoms with Crippen molar-refractivity contribution < 1.29 is 27.8 Å². The Morgan fingerprint density at radius 1 is 1.23 bits per heavy atom. The number of benzene rings is 1. The van der Waals surface area contributed by atoms with Gasteiger partial charge in [0.2, 0.25) is 0 Å². The van der Waals surface area contributed by atoms with E-state index in [0.717, 1.165) is 32.0 Å². The van der Waals surface area contributed by atoms with Gasteiger partial charge in [-0.05, 0) is 49.3 Å². The minimum Gasteiger partial charge on any atom is -0.405 e. The third-order valence-electron chi connectivity index (χ3n) is 5.40. The molecule has 1 aromatic carbocycles. The molecule has 8 heteroatoms. The molecule has 2 N–H and O–H groups in total. The average Bonchev–Trinajstić information content (AvgIpc) is 3.09. The second-order valence-corrected chi connectivity index (χ2v) is 6.94. The van der Waals surface area contributed by atoms with Crippen LogP contribution in [-0.2, 0) is 0 Å². The van der Waals surface area contributed by atoms with Crippen molar-refractivity contribution in [3.05, 3.63) is 29.8 Å². The number of halogens is 3. The maximum Gasteiger partial charge on any atom is 0.573 e. The van der Waals surface area contributed by atoms with Gasteiger partial charge in [-0.25, -0.2) is 0 Å². The van der Waals surface area contributed by atoms with Gasteiger partial charge in [0.1, 0.15) is 5.75 Å². The Hall–Kier alpha value is -1.80. The van der Waals surface area contributed by atoms with Crippen LogP contribution < -0.4 is 10.1 Å². The number of hydrogen-bond acceptors (Lipinski definition) is 4. The molecule has 1 amide bonds. The lowest BCUT2D eigenvalue weighted by atomic mass is 9.78. The van der Waals surface area contributed by atoms with E-state index in [1.54, 1.807) is 4.90 Å². The van der Waals surface area contributed by atoms with Crippen molar-refractivity contribution in [3.8, 4) is 5.75 Å². The molecule has 5 nitrogen and oxygen atoms in total. The largest absolute Gasteiger partial charge is 0.573 e. The van der Waals surface area contributed by atoms with Crippen LogP contribution in [0.4, 0.5) is 13.2 Å². The maximum absolute atomic E-state index is 12.7.